The second-order valence-electron chi connectivity index (χ2n) is 6.53. The standard InChI is InChI=1S/C17H25NO2/c1-18-9-8-17(11-15(19)7-6-14(17)12-18)13-4-3-5-16(10-13)20-2/h3-5,10,14-15,19H,6-9,11-12H2,1-2H3/t14-,15-,17-/m0/s1. The molecule has 2 fully saturated rings. The number of nitrogens with zero attached hydrogens (tertiary/aromatic N) is 1. The Morgan fingerprint density at radius 3 is 3.00 bits per heavy atom. The molecule has 3 heteroatoms. The van der Waals surface area contributed by atoms with E-state index in [-0.39, 0.29) is 11.5 Å². The summed E-state index contributed by atoms with van der Waals surface area (Å²) in [6.45, 7) is 2.25. The quantitative estimate of drug-likeness (QED) is 0.900. The van der Waals surface area contributed by atoms with Gasteiger partial charge in [-0.1, -0.05) is 12.1 Å². The van der Waals surface area contributed by atoms with E-state index < -0.39 is 0 Å². The van der Waals surface area contributed by atoms with Crippen LogP contribution in [0.25, 0.3) is 0 Å². The summed E-state index contributed by atoms with van der Waals surface area (Å²) in [6.07, 6.45) is 3.96. The Kier molecular flexibility index (Phi) is 3.74. The summed E-state index contributed by atoms with van der Waals surface area (Å²) in [5.41, 5.74) is 1.49. The van der Waals surface area contributed by atoms with Gasteiger partial charge in [0.25, 0.3) is 0 Å². The lowest BCUT2D eigenvalue weighted by atomic mass is 9.58. The Bertz CT molecular complexity index is 476. The Morgan fingerprint density at radius 2 is 2.20 bits per heavy atom. The molecular formula is C17H25NO2. The highest BCUT2D eigenvalue weighted by Crippen LogP contribution is 2.49. The summed E-state index contributed by atoms with van der Waals surface area (Å²) in [7, 11) is 3.93. The molecule has 3 nitrogen and oxygen atoms in total. The van der Waals surface area contributed by atoms with Crippen molar-refractivity contribution in [2.45, 2.75) is 37.2 Å². The van der Waals surface area contributed by atoms with Gasteiger partial charge in [-0.2, -0.15) is 0 Å². The maximum absolute atomic E-state index is 10.2. The van der Waals surface area contributed by atoms with E-state index in [0.717, 1.165) is 44.5 Å². The highest BCUT2D eigenvalue weighted by molar-refractivity contribution is 5.36. The van der Waals surface area contributed by atoms with Crippen LogP contribution in [0.1, 0.15) is 31.2 Å². The lowest BCUT2D eigenvalue weighted by Crippen LogP contribution is -2.52. The predicted octanol–water partition coefficient (Wildman–Crippen LogP) is 2.43. The molecule has 1 aliphatic carbocycles. The topological polar surface area (TPSA) is 32.7 Å². The predicted molar refractivity (Wildman–Crippen MR) is 80.1 cm³/mol. The van der Waals surface area contributed by atoms with Crippen molar-refractivity contribution in [1.29, 1.82) is 0 Å². The van der Waals surface area contributed by atoms with E-state index in [2.05, 4.69) is 30.1 Å². The third kappa shape index (κ3) is 2.33. The van der Waals surface area contributed by atoms with Gasteiger partial charge < -0.3 is 14.7 Å². The van der Waals surface area contributed by atoms with E-state index in [1.165, 1.54) is 5.56 Å². The number of hydrogen-bond acceptors (Lipinski definition) is 3. The Hall–Kier alpha value is -1.06. The van der Waals surface area contributed by atoms with Gasteiger partial charge in [-0.15, -0.1) is 0 Å². The van der Waals surface area contributed by atoms with Gasteiger partial charge in [-0.3, -0.25) is 0 Å². The molecule has 1 saturated carbocycles. The average molecular weight is 275 g/mol. The van der Waals surface area contributed by atoms with E-state index in [4.69, 9.17) is 4.74 Å². The van der Waals surface area contributed by atoms with Crippen molar-refractivity contribution in [3.8, 4) is 5.75 Å². The largest absolute Gasteiger partial charge is 0.497 e. The highest BCUT2D eigenvalue weighted by Gasteiger charge is 2.47. The lowest BCUT2D eigenvalue weighted by Gasteiger charge is -2.51. The molecule has 0 unspecified atom stereocenters. The number of aliphatic hydroxyl groups is 1. The monoisotopic (exact) mass is 275 g/mol. The van der Waals surface area contributed by atoms with Crippen molar-refractivity contribution >= 4 is 0 Å². The maximum Gasteiger partial charge on any atom is 0.119 e. The van der Waals surface area contributed by atoms with Crippen LogP contribution in [0.5, 0.6) is 5.75 Å². The van der Waals surface area contributed by atoms with Gasteiger partial charge in [0, 0.05) is 12.0 Å². The lowest BCUT2D eigenvalue weighted by molar-refractivity contribution is 0.00288. The number of hydrogen-bond donors (Lipinski definition) is 1. The minimum atomic E-state index is -0.152. The first-order chi connectivity index (χ1) is 9.64. The Labute approximate surface area is 121 Å². The summed E-state index contributed by atoms with van der Waals surface area (Å²) in [6, 6.07) is 8.48. The van der Waals surface area contributed by atoms with Crippen LogP contribution in [0, 0.1) is 5.92 Å². The van der Waals surface area contributed by atoms with Crippen LogP contribution in [0.15, 0.2) is 24.3 Å². The number of rotatable bonds is 2. The number of aliphatic hydroxyl groups excluding tert-OH is 1. The summed E-state index contributed by atoms with van der Waals surface area (Å²) in [5, 5.41) is 10.2. The number of benzene rings is 1. The first-order valence-electron chi connectivity index (χ1n) is 7.65. The summed E-state index contributed by atoms with van der Waals surface area (Å²) >= 11 is 0. The molecule has 1 heterocycles. The fraction of sp³-hybridized carbons (Fsp3) is 0.647. The molecule has 1 N–H and O–H groups in total. The zero-order valence-electron chi connectivity index (χ0n) is 12.5. The van der Waals surface area contributed by atoms with E-state index in [1.54, 1.807) is 7.11 Å². The van der Waals surface area contributed by atoms with Crippen LogP contribution < -0.4 is 4.74 Å². The molecule has 0 radical (unpaired) electrons. The van der Waals surface area contributed by atoms with Crippen molar-refractivity contribution in [3.05, 3.63) is 29.8 Å². The van der Waals surface area contributed by atoms with Gasteiger partial charge in [0.15, 0.2) is 0 Å². The van der Waals surface area contributed by atoms with E-state index >= 15 is 0 Å². The molecule has 110 valence electrons. The smallest absolute Gasteiger partial charge is 0.119 e. The van der Waals surface area contributed by atoms with Crippen LogP contribution in [-0.2, 0) is 5.41 Å². The van der Waals surface area contributed by atoms with Crippen LogP contribution in [0.3, 0.4) is 0 Å². The molecule has 1 aromatic carbocycles. The molecule has 1 saturated heterocycles. The third-order valence-corrected chi connectivity index (χ3v) is 5.35. The molecule has 0 amide bonds. The molecule has 0 aromatic heterocycles. The molecule has 0 bridgehead atoms. The normalized spacial score (nSPS) is 34.5. The second kappa shape index (κ2) is 5.38. The van der Waals surface area contributed by atoms with Crippen molar-refractivity contribution < 1.29 is 9.84 Å². The van der Waals surface area contributed by atoms with Gasteiger partial charge in [0.05, 0.1) is 13.2 Å². The van der Waals surface area contributed by atoms with Crippen LogP contribution >= 0.6 is 0 Å². The molecule has 1 aromatic rings. The number of methoxy groups -OCH3 is 1. The number of piperidine rings is 1. The van der Waals surface area contributed by atoms with Crippen molar-refractivity contribution in [2.75, 3.05) is 27.2 Å². The van der Waals surface area contributed by atoms with Crippen molar-refractivity contribution in [3.63, 3.8) is 0 Å². The molecule has 3 atom stereocenters. The van der Waals surface area contributed by atoms with Crippen LogP contribution in [0.2, 0.25) is 0 Å². The van der Waals surface area contributed by atoms with Gasteiger partial charge in [-0.25, -0.2) is 0 Å². The van der Waals surface area contributed by atoms with Crippen LogP contribution in [0.4, 0.5) is 0 Å². The van der Waals surface area contributed by atoms with Gasteiger partial charge in [0.2, 0.25) is 0 Å². The molecule has 2 aliphatic rings. The zero-order chi connectivity index (χ0) is 14.2. The minimum absolute atomic E-state index is 0.138. The number of likely N-dealkylation sites (tertiary alicyclic amines) is 1. The van der Waals surface area contributed by atoms with Gasteiger partial charge in [0.1, 0.15) is 5.75 Å². The number of fused-ring (bicyclic) bond motifs is 1. The van der Waals surface area contributed by atoms with Crippen LogP contribution in [-0.4, -0.2) is 43.4 Å². The van der Waals surface area contributed by atoms with Crippen molar-refractivity contribution in [1.82, 2.24) is 4.90 Å². The average Bonchev–Trinajstić information content (AvgIpc) is 2.47. The molecular weight excluding hydrogens is 250 g/mol. The van der Waals surface area contributed by atoms with Gasteiger partial charge in [-0.05, 0) is 62.9 Å². The van der Waals surface area contributed by atoms with E-state index in [0.29, 0.717) is 5.92 Å². The molecule has 20 heavy (non-hydrogen) atoms. The summed E-state index contributed by atoms with van der Waals surface area (Å²) in [5.74, 6) is 1.58. The zero-order valence-corrected chi connectivity index (χ0v) is 12.5. The number of ether oxygens (including phenoxy) is 1. The van der Waals surface area contributed by atoms with E-state index in [9.17, 15) is 5.11 Å². The van der Waals surface area contributed by atoms with Gasteiger partial charge >= 0.3 is 0 Å². The Balaban J connectivity index is 1.99. The molecule has 3 rings (SSSR count). The summed E-state index contributed by atoms with van der Waals surface area (Å²) in [4.78, 5) is 2.43. The fourth-order valence-electron chi connectivity index (χ4n) is 4.22. The SMILES string of the molecule is COc1cccc([C@@]23CCN(C)C[C@@H]2CC[C@H](O)C3)c1. The first kappa shape index (κ1) is 13.9. The highest BCUT2D eigenvalue weighted by atomic mass is 16.5. The van der Waals surface area contributed by atoms with Crippen molar-refractivity contribution in [2.24, 2.45) is 5.92 Å². The minimum Gasteiger partial charge on any atom is -0.497 e. The maximum atomic E-state index is 10.2. The fourth-order valence-corrected chi connectivity index (χ4v) is 4.22. The summed E-state index contributed by atoms with van der Waals surface area (Å²) < 4.78 is 5.40. The Morgan fingerprint density at radius 1 is 1.35 bits per heavy atom. The molecule has 1 aliphatic heterocycles. The molecule has 0 spiro atoms. The first-order valence-corrected chi connectivity index (χ1v) is 7.65. The third-order valence-electron chi connectivity index (χ3n) is 5.35. The second-order valence-corrected chi connectivity index (χ2v) is 6.53. The van der Waals surface area contributed by atoms with E-state index in [1.807, 2.05) is 6.07 Å².